The molecule has 0 amide bonds. The standard InChI is InChI=1S/C21H18F4N4O3/c1-27-4-6-28(7-5-27)19-15(24)17(26)14-18(16(19)25)29(9-11(20(14)30)21(31)32)10-2-3-12(22)13(23)8-10/h2-3,8-9H,4-7,26H2,1H3,(H,31,32). The summed E-state index contributed by atoms with van der Waals surface area (Å²) in [6.45, 7) is 1.59. The summed E-state index contributed by atoms with van der Waals surface area (Å²) in [4.78, 5) is 27.8. The molecule has 0 spiro atoms. The number of aromatic carboxylic acids is 1. The molecule has 0 bridgehead atoms. The van der Waals surface area contributed by atoms with Gasteiger partial charge in [0.2, 0.25) is 5.43 Å². The van der Waals surface area contributed by atoms with Gasteiger partial charge in [-0.15, -0.1) is 0 Å². The van der Waals surface area contributed by atoms with E-state index in [1.54, 1.807) is 0 Å². The summed E-state index contributed by atoms with van der Waals surface area (Å²) in [6, 6.07) is 2.54. The van der Waals surface area contributed by atoms with Gasteiger partial charge in [-0.3, -0.25) is 4.79 Å². The van der Waals surface area contributed by atoms with Crippen molar-refractivity contribution in [1.29, 1.82) is 0 Å². The second-order valence-electron chi connectivity index (χ2n) is 7.55. The van der Waals surface area contributed by atoms with Crippen LogP contribution >= 0.6 is 0 Å². The van der Waals surface area contributed by atoms with E-state index < -0.39 is 62.5 Å². The van der Waals surface area contributed by atoms with Crippen molar-refractivity contribution in [2.24, 2.45) is 0 Å². The Morgan fingerprint density at radius 2 is 1.69 bits per heavy atom. The molecule has 11 heteroatoms. The number of hydrogen-bond acceptors (Lipinski definition) is 5. The number of carbonyl (C=O) groups is 1. The molecule has 1 aromatic heterocycles. The van der Waals surface area contributed by atoms with Gasteiger partial charge in [0, 0.05) is 44.1 Å². The normalized spacial score (nSPS) is 14.8. The summed E-state index contributed by atoms with van der Waals surface area (Å²) >= 11 is 0. The first-order valence-electron chi connectivity index (χ1n) is 9.59. The van der Waals surface area contributed by atoms with Gasteiger partial charge in [-0.05, 0) is 19.2 Å². The predicted molar refractivity (Wildman–Crippen MR) is 110 cm³/mol. The quantitative estimate of drug-likeness (QED) is 0.471. The molecule has 1 saturated heterocycles. The molecule has 1 aliphatic rings. The van der Waals surface area contributed by atoms with Crippen molar-refractivity contribution in [1.82, 2.24) is 9.47 Å². The Morgan fingerprint density at radius 1 is 1.03 bits per heavy atom. The maximum atomic E-state index is 15.8. The molecule has 2 heterocycles. The molecule has 0 radical (unpaired) electrons. The van der Waals surface area contributed by atoms with E-state index in [0.29, 0.717) is 19.2 Å². The Bertz CT molecular complexity index is 1320. The van der Waals surface area contributed by atoms with E-state index in [0.717, 1.165) is 22.9 Å². The maximum absolute atomic E-state index is 15.8. The second kappa shape index (κ2) is 7.83. The van der Waals surface area contributed by atoms with Crippen molar-refractivity contribution in [3.05, 3.63) is 63.5 Å². The Hall–Kier alpha value is -3.60. The smallest absolute Gasteiger partial charge is 0.341 e. The highest BCUT2D eigenvalue weighted by atomic mass is 19.2. The summed E-state index contributed by atoms with van der Waals surface area (Å²) in [7, 11) is 1.85. The van der Waals surface area contributed by atoms with E-state index in [4.69, 9.17) is 5.73 Å². The zero-order valence-corrected chi connectivity index (χ0v) is 16.8. The van der Waals surface area contributed by atoms with Crippen LogP contribution in [-0.4, -0.2) is 53.8 Å². The van der Waals surface area contributed by atoms with Crippen molar-refractivity contribution in [3.8, 4) is 5.69 Å². The first-order chi connectivity index (χ1) is 15.1. The van der Waals surface area contributed by atoms with E-state index in [2.05, 4.69) is 0 Å². The van der Waals surface area contributed by atoms with Gasteiger partial charge in [-0.25, -0.2) is 22.4 Å². The van der Waals surface area contributed by atoms with Gasteiger partial charge in [0.1, 0.15) is 11.3 Å². The molecular formula is C21H18F4N4O3. The lowest BCUT2D eigenvalue weighted by molar-refractivity contribution is 0.0695. The van der Waals surface area contributed by atoms with Crippen molar-refractivity contribution in [3.63, 3.8) is 0 Å². The molecular weight excluding hydrogens is 432 g/mol. The molecule has 0 saturated carbocycles. The van der Waals surface area contributed by atoms with Gasteiger partial charge in [0.05, 0.1) is 16.6 Å². The van der Waals surface area contributed by atoms with E-state index >= 15 is 8.78 Å². The van der Waals surface area contributed by atoms with Crippen LogP contribution in [0.2, 0.25) is 0 Å². The number of fused-ring (bicyclic) bond motifs is 1. The zero-order chi connectivity index (χ0) is 23.3. The first-order valence-corrected chi connectivity index (χ1v) is 9.59. The number of pyridine rings is 1. The fraction of sp³-hybridized carbons (Fsp3) is 0.238. The molecule has 4 rings (SSSR count). The van der Waals surface area contributed by atoms with E-state index in [9.17, 15) is 23.5 Å². The molecule has 168 valence electrons. The average Bonchev–Trinajstić information content (AvgIpc) is 2.75. The number of nitrogens with two attached hydrogens (primary N) is 1. The number of anilines is 2. The molecule has 2 aromatic carbocycles. The molecule has 1 fully saturated rings. The largest absolute Gasteiger partial charge is 0.477 e. The Kier molecular flexibility index (Phi) is 5.29. The predicted octanol–water partition coefficient (Wildman–Crippen LogP) is 2.58. The fourth-order valence-electron chi connectivity index (χ4n) is 3.82. The van der Waals surface area contributed by atoms with Crippen LogP contribution < -0.4 is 16.1 Å². The fourth-order valence-corrected chi connectivity index (χ4v) is 3.82. The minimum Gasteiger partial charge on any atom is -0.477 e. The van der Waals surface area contributed by atoms with E-state index in [-0.39, 0.29) is 18.8 Å². The van der Waals surface area contributed by atoms with Crippen LogP contribution in [0.3, 0.4) is 0 Å². The highest BCUT2D eigenvalue weighted by molar-refractivity contribution is 6.00. The number of rotatable bonds is 3. The SMILES string of the molecule is CN1CCN(c2c(F)c(N)c3c(=O)c(C(=O)O)cn(-c4ccc(F)c(F)c4)c3c2F)CC1. The lowest BCUT2D eigenvalue weighted by atomic mass is 10.1. The number of carboxylic acid groups (broad SMARTS) is 1. The minimum atomic E-state index is -1.67. The van der Waals surface area contributed by atoms with Crippen molar-refractivity contribution in [2.45, 2.75) is 0 Å². The first kappa shape index (κ1) is 21.6. The number of aromatic nitrogens is 1. The number of halogens is 4. The van der Waals surface area contributed by atoms with Gasteiger partial charge < -0.3 is 25.2 Å². The Balaban J connectivity index is 2.12. The van der Waals surface area contributed by atoms with Gasteiger partial charge in [0.15, 0.2) is 23.3 Å². The Morgan fingerprint density at radius 3 is 2.28 bits per heavy atom. The number of nitrogen functional groups attached to an aromatic ring is 1. The molecule has 3 N–H and O–H groups in total. The Labute approximate surface area is 178 Å². The van der Waals surface area contributed by atoms with Gasteiger partial charge in [-0.1, -0.05) is 0 Å². The third-order valence-corrected chi connectivity index (χ3v) is 5.57. The molecule has 3 aromatic rings. The highest BCUT2D eigenvalue weighted by Gasteiger charge is 2.30. The van der Waals surface area contributed by atoms with E-state index in [1.165, 1.54) is 4.90 Å². The molecule has 0 atom stereocenters. The maximum Gasteiger partial charge on any atom is 0.341 e. The zero-order valence-electron chi connectivity index (χ0n) is 16.8. The van der Waals surface area contributed by atoms with Crippen LogP contribution in [0.4, 0.5) is 28.9 Å². The lowest BCUT2D eigenvalue weighted by Crippen LogP contribution is -2.45. The van der Waals surface area contributed by atoms with Crippen LogP contribution in [0.1, 0.15) is 10.4 Å². The third-order valence-electron chi connectivity index (χ3n) is 5.57. The summed E-state index contributed by atoms with van der Waals surface area (Å²) in [5, 5.41) is 8.73. The molecule has 1 aliphatic heterocycles. The van der Waals surface area contributed by atoms with Crippen LogP contribution in [0.15, 0.2) is 29.2 Å². The monoisotopic (exact) mass is 450 g/mol. The topological polar surface area (TPSA) is 91.8 Å². The van der Waals surface area contributed by atoms with Gasteiger partial charge in [-0.2, -0.15) is 0 Å². The van der Waals surface area contributed by atoms with Crippen molar-refractivity contribution in [2.75, 3.05) is 43.9 Å². The third kappa shape index (κ3) is 3.34. The van der Waals surface area contributed by atoms with Crippen molar-refractivity contribution >= 4 is 28.2 Å². The number of likely N-dealkylation sites (N-methyl/N-ethyl adjacent to an activating group) is 1. The van der Waals surface area contributed by atoms with Crippen LogP contribution in [0.25, 0.3) is 16.6 Å². The second-order valence-corrected chi connectivity index (χ2v) is 7.55. The summed E-state index contributed by atoms with van der Waals surface area (Å²) in [6.07, 6.45) is 0.786. The molecule has 0 unspecified atom stereocenters. The van der Waals surface area contributed by atoms with Crippen LogP contribution in [0.5, 0.6) is 0 Å². The highest BCUT2D eigenvalue weighted by Crippen LogP contribution is 2.36. The van der Waals surface area contributed by atoms with E-state index in [1.807, 2.05) is 11.9 Å². The number of benzene rings is 2. The minimum absolute atomic E-state index is 0.175. The van der Waals surface area contributed by atoms with Gasteiger partial charge >= 0.3 is 5.97 Å². The number of nitrogens with zero attached hydrogens (tertiary/aromatic N) is 3. The number of piperazine rings is 1. The summed E-state index contributed by atoms with van der Waals surface area (Å²) in [5.41, 5.74) is 1.95. The summed E-state index contributed by atoms with van der Waals surface area (Å²) < 4.78 is 59.2. The number of hydrogen-bond donors (Lipinski definition) is 2. The molecule has 32 heavy (non-hydrogen) atoms. The lowest BCUT2D eigenvalue weighted by Gasteiger charge is -2.35. The van der Waals surface area contributed by atoms with Crippen molar-refractivity contribution < 1.29 is 27.5 Å². The molecule has 0 aliphatic carbocycles. The number of carboxylic acids is 1. The summed E-state index contributed by atoms with van der Waals surface area (Å²) in [5.74, 6) is -6.47. The van der Waals surface area contributed by atoms with Crippen LogP contribution in [0, 0.1) is 23.3 Å². The van der Waals surface area contributed by atoms with Crippen LogP contribution in [-0.2, 0) is 0 Å². The molecule has 7 nitrogen and oxygen atoms in total. The van der Waals surface area contributed by atoms with Gasteiger partial charge in [0.25, 0.3) is 0 Å². The average molecular weight is 450 g/mol.